The molecule has 4 heteroatoms. The molecule has 0 bridgehead atoms. The van der Waals surface area contributed by atoms with Gasteiger partial charge in [0.25, 0.3) is 0 Å². The van der Waals surface area contributed by atoms with Gasteiger partial charge in [0.1, 0.15) is 0 Å². The summed E-state index contributed by atoms with van der Waals surface area (Å²) in [4.78, 5) is 11.8. The molecule has 0 heterocycles. The number of esters is 1. The Morgan fingerprint density at radius 2 is 2.05 bits per heavy atom. The first-order chi connectivity index (χ1) is 9.13. The highest BCUT2D eigenvalue weighted by molar-refractivity contribution is 5.72. The van der Waals surface area contributed by atoms with Gasteiger partial charge in [0.15, 0.2) is 0 Å². The molecule has 2 N–H and O–H groups in total. The summed E-state index contributed by atoms with van der Waals surface area (Å²) in [6, 6.07) is 0.354. The Morgan fingerprint density at radius 1 is 1.32 bits per heavy atom. The van der Waals surface area contributed by atoms with E-state index in [0.717, 1.165) is 51.4 Å². The van der Waals surface area contributed by atoms with E-state index in [1.807, 2.05) is 6.92 Å². The normalized spacial score (nSPS) is 30.2. The van der Waals surface area contributed by atoms with Crippen molar-refractivity contribution < 1.29 is 14.6 Å². The first-order valence-corrected chi connectivity index (χ1v) is 7.75. The number of hydrogen-bond donors (Lipinski definition) is 2. The second kappa shape index (κ2) is 6.71. The molecule has 110 valence electrons. The van der Waals surface area contributed by atoms with Crippen LogP contribution in [0.5, 0.6) is 0 Å². The second-order valence-corrected chi connectivity index (χ2v) is 6.12. The van der Waals surface area contributed by atoms with Crippen LogP contribution in [0.2, 0.25) is 0 Å². The molecule has 0 saturated heterocycles. The zero-order chi connectivity index (χ0) is 13.7. The molecule has 0 spiro atoms. The van der Waals surface area contributed by atoms with Crippen LogP contribution in [0.25, 0.3) is 0 Å². The summed E-state index contributed by atoms with van der Waals surface area (Å²) in [5, 5.41) is 13.8. The van der Waals surface area contributed by atoms with Crippen molar-refractivity contribution in [2.45, 2.75) is 69.9 Å². The molecule has 19 heavy (non-hydrogen) atoms. The lowest BCUT2D eigenvalue weighted by atomic mass is 9.85. The van der Waals surface area contributed by atoms with Gasteiger partial charge in [0, 0.05) is 12.6 Å². The maximum Gasteiger partial charge on any atom is 0.308 e. The molecule has 2 aliphatic carbocycles. The average molecular weight is 269 g/mol. The zero-order valence-corrected chi connectivity index (χ0v) is 12.0. The van der Waals surface area contributed by atoms with E-state index in [1.165, 1.54) is 0 Å². The van der Waals surface area contributed by atoms with E-state index in [9.17, 15) is 9.90 Å². The molecule has 0 radical (unpaired) electrons. The number of nitrogens with one attached hydrogen (secondary N) is 1. The first kappa shape index (κ1) is 14.8. The van der Waals surface area contributed by atoms with E-state index in [4.69, 9.17) is 4.74 Å². The van der Waals surface area contributed by atoms with Gasteiger partial charge in [-0.1, -0.05) is 19.3 Å². The van der Waals surface area contributed by atoms with Crippen LogP contribution in [0.1, 0.15) is 58.3 Å². The Hall–Kier alpha value is -0.610. The summed E-state index contributed by atoms with van der Waals surface area (Å²) in [5.41, 5.74) is -0.503. The van der Waals surface area contributed by atoms with E-state index < -0.39 is 5.60 Å². The van der Waals surface area contributed by atoms with Crippen molar-refractivity contribution in [3.05, 3.63) is 0 Å². The quantitative estimate of drug-likeness (QED) is 0.750. The van der Waals surface area contributed by atoms with Gasteiger partial charge in [-0.25, -0.2) is 0 Å². The molecule has 2 aliphatic rings. The number of rotatable bonds is 5. The van der Waals surface area contributed by atoms with Crippen molar-refractivity contribution in [1.29, 1.82) is 0 Å². The fraction of sp³-hybridized carbons (Fsp3) is 0.933. The minimum Gasteiger partial charge on any atom is -0.466 e. The summed E-state index contributed by atoms with van der Waals surface area (Å²) in [5.74, 6) is -0.00185. The van der Waals surface area contributed by atoms with E-state index in [1.54, 1.807) is 0 Å². The molecule has 4 nitrogen and oxygen atoms in total. The Bertz CT molecular complexity index is 300. The minimum atomic E-state index is -0.503. The van der Waals surface area contributed by atoms with Crippen molar-refractivity contribution >= 4 is 5.97 Å². The minimum absolute atomic E-state index is 0.0458. The molecule has 0 amide bonds. The van der Waals surface area contributed by atoms with Gasteiger partial charge in [0.2, 0.25) is 0 Å². The highest BCUT2D eigenvalue weighted by Gasteiger charge is 2.33. The molecule has 2 rings (SSSR count). The molecule has 0 aliphatic heterocycles. The van der Waals surface area contributed by atoms with Gasteiger partial charge in [-0.15, -0.1) is 0 Å². The smallest absolute Gasteiger partial charge is 0.308 e. The maximum absolute atomic E-state index is 11.8. The van der Waals surface area contributed by atoms with E-state index in [2.05, 4.69) is 5.32 Å². The third-order valence-electron chi connectivity index (χ3n) is 4.55. The number of carbonyl (C=O) groups is 1. The Kier molecular flexibility index (Phi) is 5.22. The lowest BCUT2D eigenvalue weighted by Gasteiger charge is -2.31. The molecular formula is C15H27NO3. The van der Waals surface area contributed by atoms with Crippen molar-refractivity contribution in [3.63, 3.8) is 0 Å². The third kappa shape index (κ3) is 4.18. The summed E-state index contributed by atoms with van der Waals surface area (Å²) in [7, 11) is 0. The molecule has 2 atom stereocenters. The Labute approximate surface area is 115 Å². The Balaban J connectivity index is 1.76. The summed E-state index contributed by atoms with van der Waals surface area (Å²) < 4.78 is 5.11. The van der Waals surface area contributed by atoms with Gasteiger partial charge in [0.05, 0.1) is 18.1 Å². The molecule has 0 aromatic carbocycles. The standard InChI is InChI=1S/C15H27NO3/c1-2-19-14(17)12-6-5-7-13(10-12)16-11-15(18)8-3-4-9-15/h12-13,16,18H,2-11H2,1H3. The zero-order valence-electron chi connectivity index (χ0n) is 12.0. The van der Waals surface area contributed by atoms with E-state index >= 15 is 0 Å². The van der Waals surface area contributed by atoms with E-state index in [-0.39, 0.29) is 11.9 Å². The Morgan fingerprint density at radius 3 is 2.74 bits per heavy atom. The van der Waals surface area contributed by atoms with Crippen LogP contribution in [0.3, 0.4) is 0 Å². The highest BCUT2D eigenvalue weighted by Crippen LogP contribution is 2.30. The van der Waals surface area contributed by atoms with Crippen LogP contribution in [0.15, 0.2) is 0 Å². The summed E-state index contributed by atoms with van der Waals surface area (Å²) in [6.45, 7) is 2.99. The number of carbonyl (C=O) groups excluding carboxylic acids is 1. The lowest BCUT2D eigenvalue weighted by Crippen LogP contribution is -2.45. The summed E-state index contributed by atoms with van der Waals surface area (Å²) in [6.07, 6.45) is 8.06. The fourth-order valence-electron chi connectivity index (χ4n) is 3.39. The van der Waals surface area contributed by atoms with Crippen molar-refractivity contribution in [2.75, 3.05) is 13.2 Å². The number of ether oxygens (including phenoxy) is 1. The molecule has 2 fully saturated rings. The van der Waals surface area contributed by atoms with Gasteiger partial charge >= 0.3 is 5.97 Å². The molecule has 2 saturated carbocycles. The fourth-order valence-corrected chi connectivity index (χ4v) is 3.39. The molecule has 0 aromatic heterocycles. The van der Waals surface area contributed by atoms with Gasteiger partial charge < -0.3 is 15.2 Å². The van der Waals surface area contributed by atoms with Crippen LogP contribution in [0, 0.1) is 5.92 Å². The van der Waals surface area contributed by atoms with Gasteiger partial charge in [-0.05, 0) is 39.0 Å². The number of hydrogen-bond acceptors (Lipinski definition) is 4. The molecule has 2 unspecified atom stereocenters. The SMILES string of the molecule is CCOC(=O)C1CCCC(NCC2(O)CCCC2)C1. The van der Waals surface area contributed by atoms with Crippen molar-refractivity contribution in [3.8, 4) is 0 Å². The lowest BCUT2D eigenvalue weighted by molar-refractivity contribution is -0.149. The third-order valence-corrected chi connectivity index (χ3v) is 4.55. The van der Waals surface area contributed by atoms with Gasteiger partial charge in [-0.3, -0.25) is 4.79 Å². The maximum atomic E-state index is 11.8. The van der Waals surface area contributed by atoms with Gasteiger partial charge in [-0.2, -0.15) is 0 Å². The molecular weight excluding hydrogens is 242 g/mol. The first-order valence-electron chi connectivity index (χ1n) is 7.75. The molecule has 0 aromatic rings. The van der Waals surface area contributed by atoms with Crippen LogP contribution >= 0.6 is 0 Å². The van der Waals surface area contributed by atoms with Crippen molar-refractivity contribution in [2.24, 2.45) is 5.92 Å². The largest absolute Gasteiger partial charge is 0.466 e. The predicted octanol–water partition coefficient (Wildman–Crippen LogP) is 2.00. The van der Waals surface area contributed by atoms with E-state index in [0.29, 0.717) is 19.2 Å². The van der Waals surface area contributed by atoms with Crippen LogP contribution in [-0.4, -0.2) is 35.9 Å². The topological polar surface area (TPSA) is 58.6 Å². The van der Waals surface area contributed by atoms with Crippen molar-refractivity contribution in [1.82, 2.24) is 5.32 Å². The summed E-state index contributed by atoms with van der Waals surface area (Å²) >= 11 is 0. The predicted molar refractivity (Wildman–Crippen MR) is 73.8 cm³/mol. The highest BCUT2D eigenvalue weighted by atomic mass is 16.5. The van der Waals surface area contributed by atoms with Crippen LogP contribution in [0.4, 0.5) is 0 Å². The monoisotopic (exact) mass is 269 g/mol. The second-order valence-electron chi connectivity index (χ2n) is 6.12. The number of aliphatic hydroxyl groups is 1. The van der Waals surface area contributed by atoms with Crippen LogP contribution < -0.4 is 5.32 Å². The average Bonchev–Trinajstić information content (AvgIpc) is 2.85. The van der Waals surface area contributed by atoms with Crippen LogP contribution in [-0.2, 0) is 9.53 Å².